The number of hydrogen-bond donors (Lipinski definition) is 2. The van der Waals surface area contributed by atoms with Gasteiger partial charge in [-0.25, -0.2) is 0 Å². The van der Waals surface area contributed by atoms with Crippen LogP contribution in [0.3, 0.4) is 0 Å². The summed E-state index contributed by atoms with van der Waals surface area (Å²) < 4.78 is 10.5. The average Bonchev–Trinajstić information content (AvgIpc) is 2.37. The molecule has 4 heteroatoms. The van der Waals surface area contributed by atoms with Crippen LogP contribution in [-0.4, -0.2) is 25.9 Å². The Morgan fingerprint density at radius 1 is 1.29 bits per heavy atom. The number of fused-ring (bicyclic) bond motifs is 1. The number of methoxy groups -OCH3 is 2. The monoisotopic (exact) mass is 237 g/mol. The van der Waals surface area contributed by atoms with Crippen molar-refractivity contribution in [2.45, 2.75) is 24.9 Å². The molecule has 0 spiro atoms. The van der Waals surface area contributed by atoms with Crippen molar-refractivity contribution in [1.29, 1.82) is 0 Å². The van der Waals surface area contributed by atoms with Crippen LogP contribution in [-0.2, 0) is 12.0 Å². The number of benzene rings is 1. The first-order valence-corrected chi connectivity index (χ1v) is 5.82. The van der Waals surface area contributed by atoms with Gasteiger partial charge in [-0.1, -0.05) is 0 Å². The summed E-state index contributed by atoms with van der Waals surface area (Å²) in [5.74, 6) is 1.34. The third-order valence-electron chi connectivity index (χ3n) is 3.48. The molecule has 0 heterocycles. The van der Waals surface area contributed by atoms with Gasteiger partial charge in [-0.15, -0.1) is 0 Å². The second-order valence-corrected chi connectivity index (χ2v) is 4.45. The van der Waals surface area contributed by atoms with Gasteiger partial charge < -0.3 is 20.3 Å². The molecule has 1 aliphatic rings. The molecule has 2 rings (SSSR count). The number of hydrogen-bond acceptors (Lipinski definition) is 4. The molecule has 0 saturated heterocycles. The lowest BCUT2D eigenvalue weighted by Crippen LogP contribution is -2.38. The van der Waals surface area contributed by atoms with Gasteiger partial charge in [0.2, 0.25) is 0 Å². The van der Waals surface area contributed by atoms with E-state index in [-0.39, 0.29) is 6.54 Å². The van der Waals surface area contributed by atoms with Crippen molar-refractivity contribution in [3.05, 3.63) is 23.3 Å². The van der Waals surface area contributed by atoms with Crippen molar-refractivity contribution in [1.82, 2.24) is 0 Å². The Bertz CT molecular complexity index is 419. The van der Waals surface area contributed by atoms with Gasteiger partial charge >= 0.3 is 0 Å². The van der Waals surface area contributed by atoms with Crippen molar-refractivity contribution in [2.75, 3.05) is 20.8 Å². The molecule has 0 fully saturated rings. The summed E-state index contributed by atoms with van der Waals surface area (Å²) in [6.07, 6.45) is 2.58. The molecule has 0 radical (unpaired) electrons. The first kappa shape index (κ1) is 12.2. The van der Waals surface area contributed by atoms with E-state index in [0.717, 1.165) is 24.0 Å². The first-order valence-electron chi connectivity index (χ1n) is 5.82. The SMILES string of the molecule is COc1cc2c(cc1OC)C(O)(CN)CCC2. The van der Waals surface area contributed by atoms with E-state index in [1.807, 2.05) is 12.1 Å². The highest BCUT2D eigenvalue weighted by atomic mass is 16.5. The summed E-state index contributed by atoms with van der Waals surface area (Å²) in [5.41, 5.74) is 6.75. The maximum absolute atomic E-state index is 10.5. The molecule has 1 atom stereocenters. The van der Waals surface area contributed by atoms with Crippen molar-refractivity contribution in [2.24, 2.45) is 5.73 Å². The maximum Gasteiger partial charge on any atom is 0.161 e. The van der Waals surface area contributed by atoms with Crippen molar-refractivity contribution < 1.29 is 14.6 Å². The molecular weight excluding hydrogens is 218 g/mol. The zero-order chi connectivity index (χ0) is 12.5. The van der Waals surface area contributed by atoms with Gasteiger partial charge in [-0.05, 0) is 42.5 Å². The van der Waals surface area contributed by atoms with Gasteiger partial charge in [-0.2, -0.15) is 0 Å². The Morgan fingerprint density at radius 3 is 2.53 bits per heavy atom. The Morgan fingerprint density at radius 2 is 1.94 bits per heavy atom. The van der Waals surface area contributed by atoms with Gasteiger partial charge in [0.15, 0.2) is 11.5 Å². The number of aryl methyl sites for hydroxylation is 1. The molecule has 0 aromatic heterocycles. The number of nitrogens with two attached hydrogens (primary N) is 1. The standard InChI is InChI=1S/C13H19NO3/c1-16-11-6-9-4-3-5-13(15,8-14)10(9)7-12(11)17-2/h6-7,15H,3-5,8,14H2,1-2H3. The smallest absolute Gasteiger partial charge is 0.161 e. The molecule has 17 heavy (non-hydrogen) atoms. The van der Waals surface area contributed by atoms with E-state index in [4.69, 9.17) is 15.2 Å². The quantitative estimate of drug-likeness (QED) is 0.828. The van der Waals surface area contributed by atoms with E-state index >= 15 is 0 Å². The topological polar surface area (TPSA) is 64.7 Å². The van der Waals surface area contributed by atoms with Crippen LogP contribution in [0.15, 0.2) is 12.1 Å². The highest BCUT2D eigenvalue weighted by Crippen LogP contribution is 2.40. The summed E-state index contributed by atoms with van der Waals surface area (Å²) in [6, 6.07) is 3.79. The Labute approximate surface area is 101 Å². The summed E-state index contributed by atoms with van der Waals surface area (Å²) >= 11 is 0. The fraction of sp³-hybridized carbons (Fsp3) is 0.538. The highest BCUT2D eigenvalue weighted by Gasteiger charge is 2.34. The minimum absolute atomic E-state index is 0.232. The third kappa shape index (κ3) is 1.98. The van der Waals surface area contributed by atoms with Gasteiger partial charge in [0.25, 0.3) is 0 Å². The lowest BCUT2D eigenvalue weighted by molar-refractivity contribution is 0.0276. The van der Waals surface area contributed by atoms with Crippen LogP contribution in [0.1, 0.15) is 24.0 Å². The lowest BCUT2D eigenvalue weighted by atomic mass is 9.79. The molecule has 1 aliphatic carbocycles. The second kappa shape index (κ2) is 4.55. The van der Waals surface area contributed by atoms with Crippen LogP contribution >= 0.6 is 0 Å². The molecule has 94 valence electrons. The molecule has 1 unspecified atom stereocenters. The number of rotatable bonds is 3. The predicted octanol–water partition coefficient (Wildman–Crippen LogP) is 1.19. The van der Waals surface area contributed by atoms with E-state index in [9.17, 15) is 5.11 Å². The molecule has 3 N–H and O–H groups in total. The van der Waals surface area contributed by atoms with E-state index in [1.165, 1.54) is 0 Å². The molecular formula is C13H19NO3. The summed E-state index contributed by atoms with van der Waals surface area (Å²) in [6.45, 7) is 0.232. The molecule has 0 saturated carbocycles. The number of ether oxygens (including phenoxy) is 2. The van der Waals surface area contributed by atoms with Crippen LogP contribution in [0.25, 0.3) is 0 Å². The van der Waals surface area contributed by atoms with Crippen molar-refractivity contribution in [3.63, 3.8) is 0 Å². The van der Waals surface area contributed by atoms with Gasteiger partial charge in [0, 0.05) is 6.54 Å². The van der Waals surface area contributed by atoms with E-state index in [0.29, 0.717) is 17.9 Å². The highest BCUT2D eigenvalue weighted by molar-refractivity contribution is 5.50. The number of aliphatic hydroxyl groups is 1. The summed E-state index contributed by atoms with van der Waals surface area (Å²) in [5, 5.41) is 10.5. The van der Waals surface area contributed by atoms with E-state index < -0.39 is 5.60 Å². The Hall–Kier alpha value is -1.26. The molecule has 0 bridgehead atoms. The molecule has 0 amide bonds. The summed E-state index contributed by atoms with van der Waals surface area (Å²) in [4.78, 5) is 0. The van der Waals surface area contributed by atoms with Crippen LogP contribution < -0.4 is 15.2 Å². The first-order chi connectivity index (χ1) is 8.14. The fourth-order valence-electron chi connectivity index (χ4n) is 2.48. The van der Waals surface area contributed by atoms with Crippen LogP contribution in [0.2, 0.25) is 0 Å². The average molecular weight is 237 g/mol. The third-order valence-corrected chi connectivity index (χ3v) is 3.48. The van der Waals surface area contributed by atoms with Crippen molar-refractivity contribution in [3.8, 4) is 11.5 Å². The Kier molecular flexibility index (Phi) is 3.26. The van der Waals surface area contributed by atoms with Crippen LogP contribution in [0.4, 0.5) is 0 Å². The molecule has 1 aromatic rings. The zero-order valence-electron chi connectivity index (χ0n) is 10.3. The van der Waals surface area contributed by atoms with E-state index in [1.54, 1.807) is 14.2 Å². The lowest BCUT2D eigenvalue weighted by Gasteiger charge is -2.34. The largest absolute Gasteiger partial charge is 0.493 e. The van der Waals surface area contributed by atoms with Crippen LogP contribution in [0.5, 0.6) is 11.5 Å². The minimum Gasteiger partial charge on any atom is -0.493 e. The Balaban J connectivity index is 2.55. The second-order valence-electron chi connectivity index (χ2n) is 4.45. The zero-order valence-corrected chi connectivity index (χ0v) is 10.3. The minimum atomic E-state index is -0.923. The summed E-state index contributed by atoms with van der Waals surface area (Å²) in [7, 11) is 3.21. The normalized spacial score (nSPS) is 23.1. The van der Waals surface area contributed by atoms with Gasteiger partial charge in [0.1, 0.15) is 5.60 Å². The predicted molar refractivity (Wildman–Crippen MR) is 65.4 cm³/mol. The molecule has 0 aliphatic heterocycles. The van der Waals surface area contributed by atoms with Crippen LogP contribution in [0, 0.1) is 0 Å². The van der Waals surface area contributed by atoms with Gasteiger partial charge in [0.05, 0.1) is 14.2 Å². The molecule has 1 aromatic carbocycles. The maximum atomic E-state index is 10.5. The van der Waals surface area contributed by atoms with Crippen molar-refractivity contribution >= 4 is 0 Å². The van der Waals surface area contributed by atoms with E-state index in [2.05, 4.69) is 0 Å². The van der Waals surface area contributed by atoms with Gasteiger partial charge in [-0.3, -0.25) is 0 Å². The molecule has 4 nitrogen and oxygen atoms in total. The fourth-order valence-corrected chi connectivity index (χ4v) is 2.48.